The number of rotatable bonds is 2. The molecule has 0 radical (unpaired) electrons. The second-order valence-electron chi connectivity index (χ2n) is 4.24. The molecule has 0 aliphatic carbocycles. The van der Waals surface area contributed by atoms with E-state index in [1.54, 1.807) is 4.90 Å². The van der Waals surface area contributed by atoms with Crippen molar-refractivity contribution in [3.8, 4) is 0 Å². The van der Waals surface area contributed by atoms with Crippen LogP contribution in [0, 0.1) is 6.92 Å². The van der Waals surface area contributed by atoms with Crippen LogP contribution >= 0.6 is 0 Å². The molecule has 0 saturated heterocycles. The van der Waals surface area contributed by atoms with Gasteiger partial charge in [0.1, 0.15) is 11.5 Å². The molecule has 0 spiro atoms. The van der Waals surface area contributed by atoms with Gasteiger partial charge in [0.25, 0.3) is 0 Å². The minimum atomic E-state index is -0.298. The van der Waals surface area contributed by atoms with E-state index in [0.717, 1.165) is 29.9 Å². The van der Waals surface area contributed by atoms with Gasteiger partial charge in [0.15, 0.2) is 0 Å². The minimum Gasteiger partial charge on any atom is -0.466 e. The van der Waals surface area contributed by atoms with E-state index in [0.29, 0.717) is 13.1 Å². The Kier molecular flexibility index (Phi) is 3.38. The van der Waals surface area contributed by atoms with Crippen LogP contribution in [0.4, 0.5) is 4.79 Å². The van der Waals surface area contributed by atoms with Crippen molar-refractivity contribution in [2.24, 2.45) is 5.73 Å². The van der Waals surface area contributed by atoms with E-state index in [2.05, 4.69) is 0 Å². The molecule has 1 atom stereocenters. The van der Waals surface area contributed by atoms with Crippen molar-refractivity contribution in [3.05, 3.63) is 23.2 Å². The maximum atomic E-state index is 11.7. The summed E-state index contributed by atoms with van der Waals surface area (Å²) in [6, 6.07) is 1.97. The third kappa shape index (κ3) is 2.15. The predicted molar refractivity (Wildman–Crippen MR) is 62.7 cm³/mol. The SMILES string of the molecule is COC(=O)N1CCc2oc(C)cc2C1CCN. The van der Waals surface area contributed by atoms with E-state index in [9.17, 15) is 4.79 Å². The van der Waals surface area contributed by atoms with Crippen LogP contribution in [0.1, 0.15) is 29.5 Å². The van der Waals surface area contributed by atoms with E-state index in [-0.39, 0.29) is 12.1 Å². The summed E-state index contributed by atoms with van der Waals surface area (Å²) in [4.78, 5) is 13.4. The van der Waals surface area contributed by atoms with E-state index in [4.69, 9.17) is 14.9 Å². The lowest BCUT2D eigenvalue weighted by Gasteiger charge is -2.33. The van der Waals surface area contributed by atoms with Crippen LogP contribution in [-0.4, -0.2) is 31.2 Å². The molecule has 0 saturated carbocycles. The lowest BCUT2D eigenvalue weighted by atomic mass is 9.97. The average Bonchev–Trinajstić information content (AvgIpc) is 2.69. The number of carbonyl (C=O) groups is 1. The third-order valence-corrected chi connectivity index (χ3v) is 3.13. The number of carbonyl (C=O) groups excluding carboxylic acids is 1. The van der Waals surface area contributed by atoms with Gasteiger partial charge in [-0.2, -0.15) is 0 Å². The van der Waals surface area contributed by atoms with Crippen LogP contribution in [0.2, 0.25) is 0 Å². The molecule has 94 valence electrons. The smallest absolute Gasteiger partial charge is 0.410 e. The van der Waals surface area contributed by atoms with Gasteiger partial charge < -0.3 is 19.8 Å². The number of aryl methyl sites for hydroxylation is 1. The molecular weight excluding hydrogens is 220 g/mol. The maximum Gasteiger partial charge on any atom is 0.410 e. The van der Waals surface area contributed by atoms with Crippen LogP contribution in [0.3, 0.4) is 0 Å². The molecule has 1 aromatic heterocycles. The summed E-state index contributed by atoms with van der Waals surface area (Å²) in [5.74, 6) is 1.85. The van der Waals surface area contributed by atoms with Gasteiger partial charge in [0, 0.05) is 18.5 Å². The first-order valence-corrected chi connectivity index (χ1v) is 5.81. The van der Waals surface area contributed by atoms with Gasteiger partial charge in [0.2, 0.25) is 0 Å². The first kappa shape index (κ1) is 12.0. The van der Waals surface area contributed by atoms with Crippen molar-refractivity contribution in [3.63, 3.8) is 0 Å². The van der Waals surface area contributed by atoms with Gasteiger partial charge >= 0.3 is 6.09 Å². The molecule has 5 heteroatoms. The lowest BCUT2D eigenvalue weighted by Crippen LogP contribution is -2.40. The zero-order chi connectivity index (χ0) is 12.4. The van der Waals surface area contributed by atoms with E-state index < -0.39 is 0 Å². The second-order valence-corrected chi connectivity index (χ2v) is 4.24. The number of hydrogen-bond acceptors (Lipinski definition) is 4. The molecule has 5 nitrogen and oxygen atoms in total. The Hall–Kier alpha value is -1.49. The largest absolute Gasteiger partial charge is 0.466 e. The minimum absolute atomic E-state index is 0.0198. The van der Waals surface area contributed by atoms with Crippen molar-refractivity contribution in [2.75, 3.05) is 20.2 Å². The van der Waals surface area contributed by atoms with Crippen LogP contribution < -0.4 is 5.73 Å². The Morgan fingerprint density at radius 3 is 3.12 bits per heavy atom. The molecule has 2 heterocycles. The van der Waals surface area contributed by atoms with Gasteiger partial charge in [-0.1, -0.05) is 0 Å². The number of methoxy groups -OCH3 is 1. The number of furan rings is 1. The van der Waals surface area contributed by atoms with Gasteiger partial charge in [0.05, 0.1) is 13.2 Å². The van der Waals surface area contributed by atoms with Crippen molar-refractivity contribution < 1.29 is 13.9 Å². The van der Waals surface area contributed by atoms with Gasteiger partial charge in [-0.25, -0.2) is 4.79 Å². The zero-order valence-electron chi connectivity index (χ0n) is 10.2. The number of hydrogen-bond donors (Lipinski definition) is 1. The number of nitrogens with two attached hydrogens (primary N) is 1. The quantitative estimate of drug-likeness (QED) is 0.849. The highest BCUT2D eigenvalue weighted by atomic mass is 16.5. The normalized spacial score (nSPS) is 19.0. The van der Waals surface area contributed by atoms with Crippen molar-refractivity contribution >= 4 is 6.09 Å². The van der Waals surface area contributed by atoms with Gasteiger partial charge in [-0.05, 0) is 26.0 Å². The Labute approximate surface area is 101 Å². The molecule has 17 heavy (non-hydrogen) atoms. The summed E-state index contributed by atoms with van der Waals surface area (Å²) in [5.41, 5.74) is 6.69. The number of nitrogens with zero attached hydrogens (tertiary/aromatic N) is 1. The Morgan fingerprint density at radius 2 is 2.47 bits per heavy atom. The molecule has 0 aromatic carbocycles. The van der Waals surface area contributed by atoms with E-state index in [1.165, 1.54) is 7.11 Å². The standard InChI is InChI=1S/C12H18N2O3/c1-8-7-9-10(3-5-13)14(12(15)16-2)6-4-11(9)17-8/h7,10H,3-6,13H2,1-2H3. The van der Waals surface area contributed by atoms with Crippen molar-refractivity contribution in [1.82, 2.24) is 4.90 Å². The molecule has 1 aliphatic rings. The summed E-state index contributed by atoms with van der Waals surface area (Å²) < 4.78 is 10.4. The maximum absolute atomic E-state index is 11.7. The molecule has 1 amide bonds. The average molecular weight is 238 g/mol. The molecule has 2 rings (SSSR count). The summed E-state index contributed by atoms with van der Waals surface area (Å²) in [7, 11) is 1.40. The summed E-state index contributed by atoms with van der Waals surface area (Å²) in [6.45, 7) is 3.07. The summed E-state index contributed by atoms with van der Waals surface area (Å²) >= 11 is 0. The molecule has 0 fully saturated rings. The summed E-state index contributed by atoms with van der Waals surface area (Å²) in [5, 5.41) is 0. The van der Waals surface area contributed by atoms with Gasteiger partial charge in [-0.3, -0.25) is 0 Å². The molecule has 2 N–H and O–H groups in total. The lowest BCUT2D eigenvalue weighted by molar-refractivity contribution is 0.0970. The van der Waals surface area contributed by atoms with Crippen molar-refractivity contribution in [2.45, 2.75) is 25.8 Å². The van der Waals surface area contributed by atoms with E-state index >= 15 is 0 Å². The molecule has 1 unspecified atom stereocenters. The van der Waals surface area contributed by atoms with Crippen LogP contribution in [0.5, 0.6) is 0 Å². The Balaban J connectivity index is 2.31. The fraction of sp³-hybridized carbons (Fsp3) is 0.583. The molecule has 1 aromatic rings. The fourth-order valence-corrected chi connectivity index (χ4v) is 2.41. The first-order valence-electron chi connectivity index (χ1n) is 5.81. The Morgan fingerprint density at radius 1 is 1.71 bits per heavy atom. The molecular formula is C12H18N2O3. The molecule has 0 bridgehead atoms. The highest BCUT2D eigenvalue weighted by Crippen LogP contribution is 2.34. The number of fused-ring (bicyclic) bond motifs is 1. The summed E-state index contributed by atoms with van der Waals surface area (Å²) in [6.07, 6.45) is 1.16. The molecule has 1 aliphatic heterocycles. The zero-order valence-corrected chi connectivity index (χ0v) is 10.2. The second kappa shape index (κ2) is 4.79. The predicted octanol–water partition coefficient (Wildman–Crippen LogP) is 1.60. The fourth-order valence-electron chi connectivity index (χ4n) is 2.41. The van der Waals surface area contributed by atoms with Crippen LogP contribution in [0.25, 0.3) is 0 Å². The topological polar surface area (TPSA) is 68.7 Å². The van der Waals surface area contributed by atoms with E-state index in [1.807, 2.05) is 13.0 Å². The van der Waals surface area contributed by atoms with Crippen LogP contribution in [-0.2, 0) is 11.2 Å². The highest BCUT2D eigenvalue weighted by molar-refractivity contribution is 5.68. The third-order valence-electron chi connectivity index (χ3n) is 3.13. The first-order chi connectivity index (χ1) is 8.17. The number of ether oxygens (including phenoxy) is 1. The van der Waals surface area contributed by atoms with Crippen LogP contribution in [0.15, 0.2) is 10.5 Å². The van der Waals surface area contributed by atoms with Gasteiger partial charge in [-0.15, -0.1) is 0 Å². The Bertz CT molecular complexity index is 414. The highest BCUT2D eigenvalue weighted by Gasteiger charge is 2.33. The monoisotopic (exact) mass is 238 g/mol. The van der Waals surface area contributed by atoms with Crippen molar-refractivity contribution in [1.29, 1.82) is 0 Å². The number of amides is 1.